The van der Waals surface area contributed by atoms with Gasteiger partial charge in [0.05, 0.1) is 36.2 Å². The zero-order valence-corrected chi connectivity index (χ0v) is 22.4. The summed E-state index contributed by atoms with van der Waals surface area (Å²) in [6.07, 6.45) is 0.710. The highest BCUT2D eigenvalue weighted by Gasteiger charge is 2.34. The Kier molecular flexibility index (Phi) is 8.93. The average Bonchev–Trinajstić information content (AvgIpc) is 3.30. The number of para-hydroxylation sites is 1. The Bertz CT molecular complexity index is 1350. The number of hydrogen-bond donors (Lipinski definition) is 3. The number of alkyl halides is 1. The standard InChI is InChI=1S/C29H30ClN3O6/c1-18-5-3-4-6-24(18)31-29(37)32-25-12-7-19(13-26(25)38-2)14-27(34)33-16-21(30)15-22(33)17-39-23-10-8-20(9-11-23)28(35)36/h3-13,21-22H,14-17H2,1-2H3,(H,35,36)(H2,31,32,37)/t21-,22+/m1/s1. The zero-order valence-electron chi connectivity index (χ0n) is 21.6. The zero-order chi connectivity index (χ0) is 27.9. The number of carbonyl (C=O) groups excluding carboxylic acids is 2. The van der Waals surface area contributed by atoms with Gasteiger partial charge in [-0.25, -0.2) is 9.59 Å². The molecule has 0 unspecified atom stereocenters. The number of carboxylic acid groups (broad SMARTS) is 1. The number of hydrogen-bond acceptors (Lipinski definition) is 5. The molecule has 0 radical (unpaired) electrons. The lowest BCUT2D eigenvalue weighted by Gasteiger charge is -2.25. The first-order valence-electron chi connectivity index (χ1n) is 12.4. The molecule has 1 aliphatic heterocycles. The third kappa shape index (κ3) is 7.20. The van der Waals surface area contributed by atoms with Crippen molar-refractivity contribution in [2.45, 2.75) is 31.2 Å². The fourth-order valence-electron chi connectivity index (χ4n) is 4.42. The Labute approximate surface area is 231 Å². The lowest BCUT2D eigenvalue weighted by atomic mass is 10.1. The molecule has 9 nitrogen and oxygen atoms in total. The number of rotatable bonds is 9. The van der Waals surface area contributed by atoms with E-state index in [1.54, 1.807) is 35.2 Å². The van der Waals surface area contributed by atoms with E-state index < -0.39 is 12.0 Å². The third-order valence-electron chi connectivity index (χ3n) is 6.49. The number of methoxy groups -OCH3 is 1. The second-order valence-electron chi connectivity index (χ2n) is 9.28. The summed E-state index contributed by atoms with van der Waals surface area (Å²) in [5.41, 5.74) is 3.01. The van der Waals surface area contributed by atoms with E-state index in [0.29, 0.717) is 35.8 Å². The molecule has 0 bridgehead atoms. The number of carboxylic acids is 1. The van der Waals surface area contributed by atoms with Crippen LogP contribution in [0.2, 0.25) is 0 Å². The van der Waals surface area contributed by atoms with Crippen molar-refractivity contribution in [1.82, 2.24) is 4.90 Å². The van der Waals surface area contributed by atoms with Crippen molar-refractivity contribution in [3.05, 3.63) is 83.4 Å². The van der Waals surface area contributed by atoms with E-state index in [9.17, 15) is 14.4 Å². The summed E-state index contributed by atoms with van der Waals surface area (Å²) in [5.74, 6) is -0.163. The quantitative estimate of drug-likeness (QED) is 0.316. The van der Waals surface area contributed by atoms with Crippen LogP contribution in [0.3, 0.4) is 0 Å². The number of aryl methyl sites for hydroxylation is 1. The second-order valence-corrected chi connectivity index (χ2v) is 9.90. The molecular weight excluding hydrogens is 522 g/mol. The Morgan fingerprint density at radius 1 is 1.03 bits per heavy atom. The van der Waals surface area contributed by atoms with Crippen LogP contribution in [0.25, 0.3) is 0 Å². The first-order valence-corrected chi connectivity index (χ1v) is 12.9. The number of anilines is 2. The summed E-state index contributed by atoms with van der Waals surface area (Å²) in [4.78, 5) is 38.5. The van der Waals surface area contributed by atoms with Crippen molar-refractivity contribution in [2.24, 2.45) is 0 Å². The fraction of sp³-hybridized carbons (Fsp3) is 0.276. The summed E-state index contributed by atoms with van der Waals surface area (Å²) >= 11 is 6.39. The number of aromatic carboxylic acids is 1. The number of carbonyl (C=O) groups is 3. The van der Waals surface area contributed by atoms with Crippen LogP contribution in [0, 0.1) is 6.92 Å². The highest BCUT2D eigenvalue weighted by atomic mass is 35.5. The SMILES string of the molecule is COc1cc(CC(=O)N2C[C@H](Cl)C[C@H]2COc2ccc(C(=O)O)cc2)ccc1NC(=O)Nc1ccccc1C. The van der Waals surface area contributed by atoms with Gasteiger partial charge in [0.2, 0.25) is 5.91 Å². The highest BCUT2D eigenvalue weighted by Crippen LogP contribution is 2.28. The Hall–Kier alpha value is -4.24. The molecule has 2 atom stereocenters. The Balaban J connectivity index is 1.37. The van der Waals surface area contributed by atoms with Crippen molar-refractivity contribution in [3.8, 4) is 11.5 Å². The summed E-state index contributed by atoms with van der Waals surface area (Å²) < 4.78 is 11.3. The molecule has 3 aromatic carbocycles. The van der Waals surface area contributed by atoms with E-state index in [0.717, 1.165) is 11.1 Å². The molecule has 1 heterocycles. The van der Waals surface area contributed by atoms with E-state index in [1.807, 2.05) is 31.2 Å². The van der Waals surface area contributed by atoms with Gasteiger partial charge in [0.1, 0.15) is 18.1 Å². The van der Waals surface area contributed by atoms with Crippen LogP contribution in [0.15, 0.2) is 66.7 Å². The van der Waals surface area contributed by atoms with Gasteiger partial charge in [-0.3, -0.25) is 4.79 Å². The molecule has 1 aliphatic rings. The predicted molar refractivity (Wildman–Crippen MR) is 149 cm³/mol. The van der Waals surface area contributed by atoms with Crippen molar-refractivity contribution < 1.29 is 29.0 Å². The number of likely N-dealkylation sites (tertiary alicyclic amines) is 1. The van der Waals surface area contributed by atoms with E-state index in [1.165, 1.54) is 19.2 Å². The van der Waals surface area contributed by atoms with Crippen LogP contribution in [0.1, 0.15) is 27.9 Å². The molecule has 3 aromatic rings. The predicted octanol–water partition coefficient (Wildman–Crippen LogP) is 5.18. The van der Waals surface area contributed by atoms with Gasteiger partial charge in [0.25, 0.3) is 0 Å². The van der Waals surface area contributed by atoms with Crippen LogP contribution in [0.4, 0.5) is 16.2 Å². The maximum Gasteiger partial charge on any atom is 0.335 e. The molecule has 3 N–H and O–H groups in total. The molecule has 3 amide bonds. The highest BCUT2D eigenvalue weighted by molar-refractivity contribution is 6.21. The minimum atomic E-state index is -1.01. The van der Waals surface area contributed by atoms with Crippen molar-refractivity contribution in [3.63, 3.8) is 0 Å². The van der Waals surface area contributed by atoms with E-state index in [2.05, 4.69) is 10.6 Å². The Morgan fingerprint density at radius 2 is 1.74 bits per heavy atom. The maximum atomic E-state index is 13.2. The number of nitrogens with one attached hydrogen (secondary N) is 2. The van der Waals surface area contributed by atoms with Gasteiger partial charge in [-0.1, -0.05) is 24.3 Å². The second kappa shape index (κ2) is 12.5. The number of halogens is 1. The van der Waals surface area contributed by atoms with E-state index in [-0.39, 0.29) is 35.9 Å². The molecule has 0 aromatic heterocycles. The van der Waals surface area contributed by atoms with Crippen LogP contribution in [-0.2, 0) is 11.2 Å². The molecule has 0 spiro atoms. The minimum absolute atomic E-state index is 0.104. The molecule has 4 rings (SSSR count). The topological polar surface area (TPSA) is 117 Å². The van der Waals surface area contributed by atoms with Gasteiger partial charge in [-0.05, 0) is 66.9 Å². The maximum absolute atomic E-state index is 13.2. The first kappa shape index (κ1) is 27.8. The number of urea groups is 1. The number of amides is 3. The van der Waals surface area contributed by atoms with Gasteiger partial charge >= 0.3 is 12.0 Å². The van der Waals surface area contributed by atoms with E-state index >= 15 is 0 Å². The van der Waals surface area contributed by atoms with Crippen LogP contribution < -0.4 is 20.1 Å². The largest absolute Gasteiger partial charge is 0.495 e. The molecule has 0 aliphatic carbocycles. The lowest BCUT2D eigenvalue weighted by Crippen LogP contribution is -2.40. The van der Waals surface area contributed by atoms with Crippen molar-refractivity contribution >= 4 is 40.9 Å². The molecule has 204 valence electrons. The molecule has 0 saturated carbocycles. The van der Waals surface area contributed by atoms with Crippen molar-refractivity contribution in [1.29, 1.82) is 0 Å². The van der Waals surface area contributed by atoms with Gasteiger partial charge in [0.15, 0.2) is 0 Å². The van der Waals surface area contributed by atoms with Crippen LogP contribution >= 0.6 is 11.6 Å². The molecule has 1 fully saturated rings. The molecule has 39 heavy (non-hydrogen) atoms. The number of benzene rings is 3. The summed E-state index contributed by atoms with van der Waals surface area (Å²) in [5, 5.41) is 14.5. The first-order chi connectivity index (χ1) is 18.7. The minimum Gasteiger partial charge on any atom is -0.495 e. The molecular formula is C29H30ClN3O6. The normalized spacial score (nSPS) is 16.4. The van der Waals surface area contributed by atoms with Gasteiger partial charge in [0, 0.05) is 12.2 Å². The molecule has 10 heteroatoms. The summed E-state index contributed by atoms with van der Waals surface area (Å²) in [6.45, 7) is 2.55. The van der Waals surface area contributed by atoms with E-state index in [4.69, 9.17) is 26.2 Å². The Morgan fingerprint density at radius 3 is 2.44 bits per heavy atom. The fourth-order valence-corrected chi connectivity index (χ4v) is 4.78. The third-order valence-corrected chi connectivity index (χ3v) is 6.81. The summed E-state index contributed by atoms with van der Waals surface area (Å²) in [6, 6.07) is 18.2. The monoisotopic (exact) mass is 551 g/mol. The van der Waals surface area contributed by atoms with Crippen LogP contribution in [0.5, 0.6) is 11.5 Å². The van der Waals surface area contributed by atoms with Gasteiger partial charge in [-0.2, -0.15) is 0 Å². The van der Waals surface area contributed by atoms with Gasteiger partial charge in [-0.15, -0.1) is 11.6 Å². The number of ether oxygens (including phenoxy) is 2. The summed E-state index contributed by atoms with van der Waals surface area (Å²) in [7, 11) is 1.50. The number of nitrogens with zero attached hydrogens (tertiary/aromatic N) is 1. The lowest BCUT2D eigenvalue weighted by molar-refractivity contribution is -0.131. The smallest absolute Gasteiger partial charge is 0.335 e. The van der Waals surface area contributed by atoms with Crippen LogP contribution in [-0.4, -0.2) is 59.6 Å². The van der Waals surface area contributed by atoms with Gasteiger partial charge < -0.3 is 30.1 Å². The average molecular weight is 552 g/mol. The van der Waals surface area contributed by atoms with Crippen molar-refractivity contribution in [2.75, 3.05) is 30.9 Å². The molecule has 1 saturated heterocycles.